The zero-order valence-electron chi connectivity index (χ0n) is 26.6. The molecule has 5 atom stereocenters. The summed E-state index contributed by atoms with van der Waals surface area (Å²) < 4.78 is 5.48. The number of hydrogen-bond donors (Lipinski definition) is 2. The minimum absolute atomic E-state index is 0.227. The quantitative estimate of drug-likeness (QED) is 0.201. The molecule has 0 aromatic heterocycles. The molecule has 2 aliphatic rings. The molecule has 0 bridgehead atoms. The van der Waals surface area contributed by atoms with Crippen LogP contribution >= 0.6 is 7.87 Å². The van der Waals surface area contributed by atoms with E-state index in [4.69, 9.17) is 0 Å². The van der Waals surface area contributed by atoms with Gasteiger partial charge in [0.1, 0.15) is 11.1 Å². The van der Waals surface area contributed by atoms with Gasteiger partial charge in [-0.05, 0) is 34.1 Å². The van der Waals surface area contributed by atoms with Gasteiger partial charge < -0.3 is 0 Å². The summed E-state index contributed by atoms with van der Waals surface area (Å²) in [5.74, 6) is 0.885. The van der Waals surface area contributed by atoms with Gasteiger partial charge in [-0.15, -0.1) is 19.5 Å². The van der Waals surface area contributed by atoms with Gasteiger partial charge in [-0.1, -0.05) is 162 Å². The first-order valence-electron chi connectivity index (χ1n) is 16.0. The van der Waals surface area contributed by atoms with Crippen LogP contribution in [-0.2, 0) is 11.1 Å². The lowest BCUT2D eigenvalue weighted by molar-refractivity contribution is 0.203. The Morgan fingerprint density at radius 2 is 0.791 bits per heavy atom. The number of hydrogen-bond acceptors (Lipinski definition) is 4. The maximum absolute atomic E-state index is 4.53. The maximum Gasteiger partial charge on any atom is 0.306 e. The van der Waals surface area contributed by atoms with E-state index in [-0.39, 0.29) is 12.1 Å². The zero-order valence-corrected chi connectivity index (χ0v) is 27.5. The third-order valence-corrected chi connectivity index (χ3v) is 14.2. The smallest absolute Gasteiger partial charge is 0.130 e. The fourth-order valence-electron chi connectivity index (χ4n) is 8.23. The van der Waals surface area contributed by atoms with Crippen LogP contribution in [0.3, 0.4) is 0 Å². The van der Waals surface area contributed by atoms with E-state index in [0.717, 1.165) is 12.8 Å². The Labute approximate surface area is 260 Å². The molecule has 1 spiro atoms. The molecule has 2 unspecified atom stereocenters. The van der Waals surface area contributed by atoms with Crippen molar-refractivity contribution in [3.63, 3.8) is 0 Å². The fourth-order valence-corrected chi connectivity index (χ4v) is 12.6. The first kappa shape index (κ1) is 30.2. The number of nitrogens with zero attached hydrogens (tertiary/aromatic N) is 2. The monoisotopic (exact) mass is 591 g/mol. The average Bonchev–Trinajstić information content (AvgIpc) is 3.50. The van der Waals surface area contributed by atoms with E-state index in [9.17, 15) is 0 Å². The van der Waals surface area contributed by atoms with Crippen LogP contribution in [0.5, 0.6) is 0 Å². The molecule has 224 valence electrons. The van der Waals surface area contributed by atoms with Gasteiger partial charge in [-0.3, -0.25) is 0 Å². The topological polar surface area (TPSA) is 30.5 Å². The first-order valence-corrected chi connectivity index (χ1v) is 17.7. The van der Waals surface area contributed by atoms with E-state index >= 15 is 0 Å². The molecule has 0 aliphatic carbocycles. The van der Waals surface area contributed by atoms with Crippen molar-refractivity contribution < 1.29 is 0 Å². The highest BCUT2D eigenvalue weighted by molar-refractivity contribution is 7.68. The highest BCUT2D eigenvalue weighted by Gasteiger charge is 2.77. The molecule has 0 saturated carbocycles. The Morgan fingerprint density at radius 3 is 1.02 bits per heavy atom. The molecule has 2 N–H and O–H groups in total. The van der Waals surface area contributed by atoms with Crippen LogP contribution < -0.4 is 10.2 Å². The molecule has 5 heteroatoms. The Kier molecular flexibility index (Phi) is 8.37. The number of likely N-dealkylation sites (N-methyl/N-ethyl adjacent to an activating group) is 2. The van der Waals surface area contributed by atoms with E-state index in [1.54, 1.807) is 0 Å². The second-order valence-corrected chi connectivity index (χ2v) is 15.6. The summed E-state index contributed by atoms with van der Waals surface area (Å²) in [6, 6.07) is 45.2. The average molecular weight is 592 g/mol. The third kappa shape index (κ3) is 4.54. The SMILES string of the molecule is CC[C@@H](C)C1N(C)[P+]2(NC1(c1ccccc1)c1ccccc1)NC(c1ccccc1)(c1ccccc1)[C@H]([C@H](C)CC)N2C. The van der Waals surface area contributed by atoms with Crippen LogP contribution in [-0.4, -0.2) is 35.5 Å². The van der Waals surface area contributed by atoms with Crippen molar-refractivity contribution in [1.29, 1.82) is 0 Å². The summed E-state index contributed by atoms with van der Waals surface area (Å²) in [6.45, 7) is 9.56. The normalized spacial score (nSPS) is 26.5. The summed E-state index contributed by atoms with van der Waals surface area (Å²) in [5, 5.41) is 9.06. The van der Waals surface area contributed by atoms with Gasteiger partial charge in [0.2, 0.25) is 0 Å². The molecule has 4 aromatic carbocycles. The van der Waals surface area contributed by atoms with Crippen LogP contribution in [0.1, 0.15) is 62.8 Å². The third-order valence-electron chi connectivity index (χ3n) is 10.6. The second-order valence-electron chi connectivity index (χ2n) is 12.7. The maximum atomic E-state index is 4.53. The molecule has 2 saturated heterocycles. The van der Waals surface area contributed by atoms with Crippen molar-refractivity contribution in [2.45, 2.75) is 63.7 Å². The van der Waals surface area contributed by atoms with Gasteiger partial charge in [0.15, 0.2) is 0 Å². The lowest BCUT2D eigenvalue weighted by atomic mass is 9.73. The summed E-state index contributed by atoms with van der Waals surface area (Å²) in [7, 11) is 2.40. The van der Waals surface area contributed by atoms with Crippen molar-refractivity contribution in [2.24, 2.45) is 11.8 Å². The molecule has 4 aromatic rings. The van der Waals surface area contributed by atoms with Crippen molar-refractivity contribution in [3.05, 3.63) is 144 Å². The lowest BCUT2D eigenvalue weighted by Gasteiger charge is -2.37. The van der Waals surface area contributed by atoms with Gasteiger partial charge in [-0.25, -0.2) is 0 Å². The molecule has 2 fully saturated rings. The largest absolute Gasteiger partial charge is 0.306 e. The summed E-state index contributed by atoms with van der Waals surface area (Å²) in [4.78, 5) is 0. The molecule has 2 heterocycles. The first-order chi connectivity index (χ1) is 20.9. The van der Waals surface area contributed by atoms with Crippen LogP contribution in [0.15, 0.2) is 121 Å². The van der Waals surface area contributed by atoms with Crippen molar-refractivity contribution >= 4 is 7.87 Å². The predicted molar refractivity (Wildman–Crippen MR) is 183 cm³/mol. The minimum Gasteiger partial charge on any atom is -0.130 e. The van der Waals surface area contributed by atoms with Crippen LogP contribution in [0.4, 0.5) is 0 Å². The molecular weight excluding hydrogens is 543 g/mol. The highest BCUT2D eigenvalue weighted by Crippen LogP contribution is 2.75. The van der Waals surface area contributed by atoms with E-state index in [2.05, 4.69) is 183 Å². The molecule has 43 heavy (non-hydrogen) atoms. The Hall–Kier alpha value is -2.85. The van der Waals surface area contributed by atoms with Crippen LogP contribution in [0, 0.1) is 11.8 Å². The second kappa shape index (κ2) is 11.9. The Bertz CT molecular complexity index is 1290. The van der Waals surface area contributed by atoms with E-state index in [1.165, 1.54) is 22.3 Å². The fraction of sp³-hybridized carbons (Fsp3) is 0.368. The number of nitrogens with one attached hydrogen (secondary N) is 2. The van der Waals surface area contributed by atoms with Gasteiger partial charge in [0, 0.05) is 14.1 Å². The molecule has 6 rings (SSSR count). The summed E-state index contributed by atoms with van der Waals surface area (Å²) in [6.07, 6.45) is 2.19. The van der Waals surface area contributed by atoms with Gasteiger partial charge in [0.05, 0.1) is 12.1 Å². The number of rotatable bonds is 8. The summed E-state index contributed by atoms with van der Waals surface area (Å²) in [5.41, 5.74) is 4.49. The summed E-state index contributed by atoms with van der Waals surface area (Å²) >= 11 is 0. The molecular formula is C38H48N4P+. The van der Waals surface area contributed by atoms with Crippen molar-refractivity contribution in [2.75, 3.05) is 14.1 Å². The van der Waals surface area contributed by atoms with Gasteiger partial charge in [-0.2, -0.15) is 0 Å². The van der Waals surface area contributed by atoms with Gasteiger partial charge in [0.25, 0.3) is 0 Å². The predicted octanol–water partition coefficient (Wildman–Crippen LogP) is 8.45. The Morgan fingerprint density at radius 1 is 0.535 bits per heavy atom. The van der Waals surface area contributed by atoms with Crippen molar-refractivity contribution in [1.82, 2.24) is 19.5 Å². The lowest BCUT2D eigenvalue weighted by Crippen LogP contribution is -2.50. The minimum atomic E-state index is -2.36. The highest BCUT2D eigenvalue weighted by atomic mass is 31.2. The standard InChI is InChI=1S/C38H48N4P/c1-7-29(3)35-37(31-21-13-9-14-22-31,32-23-15-10-16-24-32)39-43(41(35)5)40-38(33-25-17-11-18-26-33,34-27-19-12-20-28-34)36(42(43)6)30(4)8-2/h9-30,35-36,39-40H,7-8H2,1-6H3/q+1/t29-,30-,35+,36?,43?/m1/s1. The van der Waals surface area contributed by atoms with E-state index < -0.39 is 18.9 Å². The van der Waals surface area contributed by atoms with Crippen LogP contribution in [0.2, 0.25) is 0 Å². The van der Waals surface area contributed by atoms with E-state index in [1.807, 2.05) is 0 Å². The van der Waals surface area contributed by atoms with E-state index in [0.29, 0.717) is 11.8 Å². The molecule has 0 amide bonds. The molecule has 0 radical (unpaired) electrons. The molecule has 2 aliphatic heterocycles. The van der Waals surface area contributed by atoms with Gasteiger partial charge >= 0.3 is 7.87 Å². The zero-order chi connectivity index (χ0) is 30.2. The number of benzene rings is 4. The Balaban J connectivity index is 1.66. The van der Waals surface area contributed by atoms with Crippen LogP contribution in [0.25, 0.3) is 0 Å². The molecule has 4 nitrogen and oxygen atoms in total. The van der Waals surface area contributed by atoms with Crippen molar-refractivity contribution in [3.8, 4) is 0 Å².